The van der Waals surface area contributed by atoms with E-state index < -0.39 is 15.9 Å². The molecule has 0 spiro atoms. The van der Waals surface area contributed by atoms with Gasteiger partial charge in [-0.3, -0.25) is 4.79 Å². The van der Waals surface area contributed by atoms with Crippen molar-refractivity contribution >= 4 is 39.2 Å². The average Bonchev–Trinajstić information content (AvgIpc) is 3.20. The molecule has 34 heavy (non-hydrogen) atoms. The van der Waals surface area contributed by atoms with Gasteiger partial charge < -0.3 is 14.5 Å². The van der Waals surface area contributed by atoms with Gasteiger partial charge >= 0.3 is 6.01 Å². The lowest BCUT2D eigenvalue weighted by molar-refractivity contribution is 0.102. The largest absolute Gasteiger partial charge is 0.492 e. The minimum atomic E-state index is -3.56. The van der Waals surface area contributed by atoms with Gasteiger partial charge in [-0.1, -0.05) is 50.6 Å². The van der Waals surface area contributed by atoms with E-state index in [1.165, 1.54) is 0 Å². The smallest absolute Gasteiger partial charge is 0.309 e. The van der Waals surface area contributed by atoms with Gasteiger partial charge in [-0.25, -0.2) is 13.1 Å². The highest BCUT2D eigenvalue weighted by Crippen LogP contribution is 2.38. The molecule has 0 unspecified atom stereocenters. The fourth-order valence-corrected chi connectivity index (χ4v) is 4.13. The molecule has 1 heterocycles. The van der Waals surface area contributed by atoms with Crippen LogP contribution in [0, 0.1) is 6.92 Å². The van der Waals surface area contributed by atoms with Gasteiger partial charge in [-0.2, -0.15) is 4.98 Å². The van der Waals surface area contributed by atoms with Gasteiger partial charge in [0.2, 0.25) is 10.0 Å². The molecule has 0 aliphatic rings. The van der Waals surface area contributed by atoms with Crippen LogP contribution in [0.4, 0.5) is 11.7 Å². The van der Waals surface area contributed by atoms with E-state index in [9.17, 15) is 13.2 Å². The molecule has 0 saturated heterocycles. The summed E-state index contributed by atoms with van der Waals surface area (Å²) in [4.78, 5) is 16.3. The molecule has 0 aliphatic heterocycles. The van der Waals surface area contributed by atoms with Crippen LogP contribution in [-0.2, 0) is 15.4 Å². The first-order valence-corrected chi connectivity index (χ1v) is 13.0. The third-order valence-corrected chi connectivity index (χ3v) is 6.10. The number of aromatic nitrogens is 1. The van der Waals surface area contributed by atoms with Gasteiger partial charge in [-0.05, 0) is 48.2 Å². The number of nitrogens with zero attached hydrogens (tertiary/aromatic N) is 1. The fourth-order valence-electron chi connectivity index (χ4n) is 3.39. The van der Waals surface area contributed by atoms with Gasteiger partial charge in [-0.15, -0.1) is 0 Å². The van der Waals surface area contributed by atoms with Crippen LogP contribution in [0.25, 0.3) is 0 Å². The summed E-state index contributed by atoms with van der Waals surface area (Å²) >= 11 is 6.52. The summed E-state index contributed by atoms with van der Waals surface area (Å²) in [5.41, 5.74) is 3.21. The molecule has 3 aromatic rings. The third kappa shape index (κ3) is 6.09. The summed E-state index contributed by atoms with van der Waals surface area (Å²) < 4.78 is 35.4. The van der Waals surface area contributed by atoms with Gasteiger partial charge in [0, 0.05) is 11.1 Å². The lowest BCUT2D eigenvalue weighted by Crippen LogP contribution is -2.19. The lowest BCUT2D eigenvalue weighted by Gasteiger charge is -2.28. The molecule has 8 nitrogen and oxygen atoms in total. The Morgan fingerprint density at radius 2 is 1.85 bits per heavy atom. The Hall–Kier alpha value is -3.04. The predicted molar refractivity (Wildman–Crippen MR) is 133 cm³/mol. The highest BCUT2D eigenvalue weighted by molar-refractivity contribution is 7.91. The number of anilines is 2. The highest BCUT2D eigenvalue weighted by atomic mass is 35.5. The summed E-state index contributed by atoms with van der Waals surface area (Å²) in [6.07, 6.45) is 2.95. The van der Waals surface area contributed by atoms with E-state index in [-0.39, 0.29) is 17.1 Å². The van der Waals surface area contributed by atoms with Gasteiger partial charge in [0.15, 0.2) is 5.69 Å². The van der Waals surface area contributed by atoms with Crippen LogP contribution in [-0.4, -0.2) is 32.2 Å². The van der Waals surface area contributed by atoms with Crippen molar-refractivity contribution in [2.75, 3.05) is 22.9 Å². The number of ether oxygens (including phenoxy) is 1. The second-order valence-corrected chi connectivity index (χ2v) is 10.7. The van der Waals surface area contributed by atoms with Crippen LogP contribution in [0.5, 0.6) is 5.75 Å². The summed E-state index contributed by atoms with van der Waals surface area (Å²) in [5.74, 6) is 0.186. The van der Waals surface area contributed by atoms with E-state index in [1.54, 1.807) is 12.1 Å². The average molecular weight is 506 g/mol. The number of carbonyl (C=O) groups is 1. The SMILES string of the molecule is CCCOc1c(C)cc(C(C)(C)c2ccc(NC(=O)c3coc(NS(C)(=O)=O)n3)cc2)cc1Cl. The lowest BCUT2D eigenvalue weighted by atomic mass is 9.77. The van der Waals surface area contributed by atoms with E-state index in [0.717, 1.165) is 35.6 Å². The number of aryl methyl sites for hydroxylation is 1. The zero-order chi connectivity index (χ0) is 25.1. The van der Waals surface area contributed by atoms with E-state index in [2.05, 4.69) is 34.9 Å². The molecular formula is C24H28ClN3O5S. The second kappa shape index (κ2) is 10.1. The minimum Gasteiger partial charge on any atom is -0.492 e. The van der Waals surface area contributed by atoms with Gasteiger partial charge in [0.05, 0.1) is 17.9 Å². The quantitative estimate of drug-likeness (QED) is 0.404. The number of sulfonamides is 1. The number of nitrogens with one attached hydrogen (secondary N) is 2. The number of oxazole rings is 1. The maximum atomic E-state index is 12.4. The predicted octanol–water partition coefficient (Wildman–Crippen LogP) is 5.37. The first-order chi connectivity index (χ1) is 15.9. The molecule has 0 atom stereocenters. The number of hydrogen-bond donors (Lipinski definition) is 2. The molecule has 1 aromatic heterocycles. The molecule has 0 fully saturated rings. The molecule has 0 aliphatic carbocycles. The Bertz CT molecular complexity index is 1260. The van der Waals surface area contributed by atoms with Crippen molar-refractivity contribution in [2.24, 2.45) is 0 Å². The number of amides is 1. The fraction of sp³-hybridized carbons (Fsp3) is 0.333. The molecular weight excluding hydrogens is 478 g/mol. The number of carbonyl (C=O) groups excluding carboxylic acids is 1. The van der Waals surface area contributed by atoms with Crippen molar-refractivity contribution in [1.29, 1.82) is 0 Å². The Balaban J connectivity index is 1.75. The number of hydrogen-bond acceptors (Lipinski definition) is 6. The van der Waals surface area contributed by atoms with Crippen molar-refractivity contribution < 1.29 is 22.4 Å². The monoisotopic (exact) mass is 505 g/mol. The van der Waals surface area contributed by atoms with Crippen LogP contribution in [0.15, 0.2) is 47.1 Å². The first-order valence-electron chi connectivity index (χ1n) is 10.7. The minimum absolute atomic E-state index is 0.0499. The van der Waals surface area contributed by atoms with Crippen molar-refractivity contribution in [1.82, 2.24) is 4.98 Å². The zero-order valence-electron chi connectivity index (χ0n) is 19.7. The first kappa shape index (κ1) is 25.6. The molecule has 2 N–H and O–H groups in total. The molecule has 1 amide bonds. The molecule has 0 radical (unpaired) electrons. The second-order valence-electron chi connectivity index (χ2n) is 8.52. The van der Waals surface area contributed by atoms with E-state index >= 15 is 0 Å². The van der Waals surface area contributed by atoms with Crippen molar-refractivity contribution in [3.8, 4) is 5.75 Å². The van der Waals surface area contributed by atoms with Crippen LogP contribution in [0.1, 0.15) is 54.4 Å². The zero-order valence-corrected chi connectivity index (χ0v) is 21.3. The summed E-state index contributed by atoms with van der Waals surface area (Å²) in [6.45, 7) is 8.84. The molecule has 182 valence electrons. The molecule has 0 bridgehead atoms. The topological polar surface area (TPSA) is 111 Å². The number of benzene rings is 2. The Morgan fingerprint density at radius 3 is 2.44 bits per heavy atom. The van der Waals surface area contributed by atoms with Gasteiger partial charge in [0.25, 0.3) is 5.91 Å². The molecule has 3 rings (SSSR count). The van der Waals surface area contributed by atoms with Crippen molar-refractivity contribution in [3.05, 3.63) is 70.1 Å². The van der Waals surface area contributed by atoms with Crippen molar-refractivity contribution in [3.63, 3.8) is 0 Å². The van der Waals surface area contributed by atoms with Crippen LogP contribution in [0.3, 0.4) is 0 Å². The van der Waals surface area contributed by atoms with Crippen LogP contribution >= 0.6 is 11.6 Å². The summed E-state index contributed by atoms with van der Waals surface area (Å²) in [7, 11) is -3.56. The third-order valence-electron chi connectivity index (χ3n) is 5.28. The van der Waals surface area contributed by atoms with E-state index in [0.29, 0.717) is 23.1 Å². The molecule has 10 heteroatoms. The normalized spacial score (nSPS) is 11.8. The van der Waals surface area contributed by atoms with Crippen molar-refractivity contribution in [2.45, 2.75) is 39.5 Å². The number of halogens is 1. The Kier molecular flexibility index (Phi) is 7.57. The molecule has 2 aromatic carbocycles. The number of rotatable bonds is 9. The molecule has 0 saturated carbocycles. The van der Waals surface area contributed by atoms with E-state index in [4.69, 9.17) is 20.8 Å². The highest BCUT2D eigenvalue weighted by Gasteiger charge is 2.25. The van der Waals surface area contributed by atoms with Crippen LogP contribution < -0.4 is 14.8 Å². The Morgan fingerprint density at radius 1 is 1.18 bits per heavy atom. The van der Waals surface area contributed by atoms with Gasteiger partial charge in [0.1, 0.15) is 12.0 Å². The summed E-state index contributed by atoms with van der Waals surface area (Å²) in [5, 5.41) is 3.30. The maximum absolute atomic E-state index is 12.4. The maximum Gasteiger partial charge on any atom is 0.309 e. The summed E-state index contributed by atoms with van der Waals surface area (Å²) in [6, 6.07) is 11.2. The van der Waals surface area contributed by atoms with Crippen LogP contribution in [0.2, 0.25) is 5.02 Å². The Labute approximate surface area is 204 Å². The van der Waals surface area contributed by atoms with E-state index in [1.807, 2.05) is 32.0 Å². The standard InChI is InChI=1S/C24H28ClN3O5S/c1-6-11-32-21-15(2)12-17(13-19(21)25)24(3,4)16-7-9-18(10-8-16)26-22(29)20-14-33-23(27-20)28-34(5,30)31/h7-10,12-14H,6,11H2,1-5H3,(H,26,29)(H,27,28).